The zero-order valence-corrected chi connectivity index (χ0v) is 14.7. The molecule has 1 atom stereocenters. The number of carbonyl (C=O) groups excluding carboxylic acids is 2. The Labute approximate surface area is 160 Å². The number of allylic oxidation sites excluding steroid dienone is 3. The lowest BCUT2D eigenvalue weighted by Crippen LogP contribution is -2.43. The van der Waals surface area contributed by atoms with E-state index in [0.717, 1.165) is 16.3 Å². The molecule has 4 nitrogen and oxygen atoms in total. The van der Waals surface area contributed by atoms with Crippen LogP contribution >= 0.6 is 0 Å². The number of Topliss-reactive ketones (excluding diaryl/α,β-unsaturated/α-hetero) is 1. The van der Waals surface area contributed by atoms with E-state index < -0.39 is 5.41 Å². The van der Waals surface area contributed by atoms with Gasteiger partial charge in [0.25, 0.3) is 0 Å². The normalized spacial score (nSPS) is 21.9. The highest BCUT2D eigenvalue weighted by Crippen LogP contribution is 2.59. The summed E-state index contributed by atoms with van der Waals surface area (Å²) in [6, 6.07) is 16.3. The largest absolute Gasteiger partial charge is 0.507 e. The van der Waals surface area contributed by atoms with E-state index in [-0.39, 0.29) is 17.3 Å². The number of hydrogen-bond acceptors (Lipinski definition) is 4. The highest BCUT2D eigenvalue weighted by Gasteiger charge is 2.58. The van der Waals surface area contributed by atoms with Gasteiger partial charge in [-0.1, -0.05) is 48.5 Å². The summed E-state index contributed by atoms with van der Waals surface area (Å²) in [5.74, 6) is 0.392. The molecule has 1 heterocycles. The highest BCUT2D eigenvalue weighted by atomic mass is 16.5. The number of phenolic OH excluding ortho intramolecular Hbond substituents is 1. The van der Waals surface area contributed by atoms with Crippen molar-refractivity contribution in [2.45, 2.75) is 11.8 Å². The fourth-order valence-electron chi connectivity index (χ4n) is 4.99. The third-order valence-corrected chi connectivity index (χ3v) is 5.98. The first-order chi connectivity index (χ1) is 13.6. The average molecular weight is 366 g/mol. The number of aromatic hydroxyl groups is 1. The minimum absolute atomic E-state index is 0.0513. The molecule has 0 amide bonds. The Balaban J connectivity index is 1.85. The van der Waals surface area contributed by atoms with Crippen LogP contribution in [-0.2, 0) is 10.2 Å². The standard InChI is InChI=1S/C24H14O4/c25-16-9-3-11-18-21(16)24(22-17(26)10-4-12-19(22)28-18)15-8-2-6-13-5-1-7-14(20(13)15)23(24)27/h1-11,25H,12H2. The van der Waals surface area contributed by atoms with Gasteiger partial charge < -0.3 is 9.84 Å². The third kappa shape index (κ3) is 1.58. The van der Waals surface area contributed by atoms with Crippen molar-refractivity contribution in [3.63, 3.8) is 0 Å². The van der Waals surface area contributed by atoms with E-state index in [4.69, 9.17) is 4.74 Å². The molecule has 0 bridgehead atoms. The van der Waals surface area contributed by atoms with Gasteiger partial charge in [0.1, 0.15) is 22.7 Å². The minimum atomic E-state index is -1.39. The highest BCUT2D eigenvalue weighted by molar-refractivity contribution is 6.28. The summed E-state index contributed by atoms with van der Waals surface area (Å²) in [7, 11) is 0. The molecule has 3 aromatic carbocycles. The molecule has 1 unspecified atom stereocenters. The van der Waals surface area contributed by atoms with Gasteiger partial charge in [-0.15, -0.1) is 0 Å². The Bertz CT molecular complexity index is 1310. The first-order valence-electron chi connectivity index (χ1n) is 9.16. The zero-order valence-electron chi connectivity index (χ0n) is 14.7. The van der Waals surface area contributed by atoms with Gasteiger partial charge in [-0.05, 0) is 34.5 Å². The number of fused-ring (bicyclic) bond motifs is 4. The van der Waals surface area contributed by atoms with Gasteiger partial charge in [-0.3, -0.25) is 9.59 Å². The molecule has 134 valence electrons. The van der Waals surface area contributed by atoms with Crippen LogP contribution in [0.5, 0.6) is 11.5 Å². The zero-order chi connectivity index (χ0) is 19.0. The predicted molar refractivity (Wildman–Crippen MR) is 104 cm³/mol. The van der Waals surface area contributed by atoms with Crippen LogP contribution in [0.2, 0.25) is 0 Å². The van der Waals surface area contributed by atoms with Gasteiger partial charge in [0, 0.05) is 12.0 Å². The predicted octanol–water partition coefficient (Wildman–Crippen LogP) is 4.20. The van der Waals surface area contributed by atoms with Crippen molar-refractivity contribution in [3.8, 4) is 11.5 Å². The number of phenols is 1. The van der Waals surface area contributed by atoms with Crippen LogP contribution < -0.4 is 4.74 Å². The third-order valence-electron chi connectivity index (χ3n) is 5.98. The first-order valence-corrected chi connectivity index (χ1v) is 9.16. The number of benzene rings is 3. The van der Waals surface area contributed by atoms with Crippen LogP contribution in [0, 0.1) is 0 Å². The van der Waals surface area contributed by atoms with Crippen molar-refractivity contribution >= 4 is 22.3 Å². The molecular weight excluding hydrogens is 352 g/mol. The monoisotopic (exact) mass is 366 g/mol. The second-order valence-corrected chi connectivity index (χ2v) is 7.31. The first kappa shape index (κ1) is 15.4. The van der Waals surface area contributed by atoms with Crippen molar-refractivity contribution < 1.29 is 19.4 Å². The SMILES string of the molecule is O=C1C=CCC2=C1C1(C(=O)c3cccc4cccc1c34)c1c(O)cccc1O2. The van der Waals surface area contributed by atoms with E-state index in [2.05, 4.69) is 0 Å². The fourth-order valence-corrected chi connectivity index (χ4v) is 4.99. The molecule has 3 aromatic rings. The molecule has 0 fully saturated rings. The molecule has 4 heteroatoms. The van der Waals surface area contributed by atoms with E-state index >= 15 is 0 Å². The lowest BCUT2D eigenvalue weighted by Gasteiger charge is -2.39. The number of ether oxygens (including phenoxy) is 1. The maximum Gasteiger partial charge on any atom is 0.186 e. The van der Waals surface area contributed by atoms with Crippen LogP contribution in [0.1, 0.15) is 27.9 Å². The molecule has 2 aliphatic carbocycles. The Morgan fingerprint density at radius 1 is 0.964 bits per heavy atom. The molecule has 1 N–H and O–H groups in total. The molecular formula is C24H14O4. The topological polar surface area (TPSA) is 63.6 Å². The summed E-state index contributed by atoms with van der Waals surface area (Å²) in [5.41, 5.74) is 0.578. The van der Waals surface area contributed by atoms with Crippen LogP contribution in [0.15, 0.2) is 78.1 Å². The molecule has 0 saturated heterocycles. The maximum atomic E-state index is 14.0. The van der Waals surface area contributed by atoms with Crippen LogP contribution in [0.3, 0.4) is 0 Å². The van der Waals surface area contributed by atoms with Gasteiger partial charge in [0.05, 0.1) is 11.1 Å². The molecule has 1 spiro atoms. The molecule has 28 heavy (non-hydrogen) atoms. The molecule has 0 saturated carbocycles. The summed E-state index contributed by atoms with van der Waals surface area (Å²) < 4.78 is 6.01. The van der Waals surface area contributed by atoms with Crippen molar-refractivity contribution in [1.29, 1.82) is 0 Å². The summed E-state index contributed by atoms with van der Waals surface area (Å²) >= 11 is 0. The summed E-state index contributed by atoms with van der Waals surface area (Å²) in [5, 5.41) is 12.6. The van der Waals surface area contributed by atoms with Crippen LogP contribution in [0.4, 0.5) is 0 Å². The summed E-state index contributed by atoms with van der Waals surface area (Å²) in [4.78, 5) is 27.1. The molecule has 0 aromatic heterocycles. The van der Waals surface area contributed by atoms with Gasteiger partial charge in [-0.25, -0.2) is 0 Å². The Kier molecular flexibility index (Phi) is 2.74. The quantitative estimate of drug-likeness (QED) is 0.648. The molecule has 3 aliphatic rings. The smallest absolute Gasteiger partial charge is 0.186 e. The Morgan fingerprint density at radius 3 is 2.61 bits per heavy atom. The molecule has 0 radical (unpaired) electrons. The van der Waals surface area contributed by atoms with Crippen molar-refractivity contribution in [2.24, 2.45) is 0 Å². The number of carbonyl (C=O) groups is 2. The second kappa shape index (κ2) is 4.98. The Hall–Kier alpha value is -3.66. The van der Waals surface area contributed by atoms with Gasteiger partial charge in [-0.2, -0.15) is 0 Å². The van der Waals surface area contributed by atoms with Crippen LogP contribution in [-0.4, -0.2) is 16.7 Å². The molecule has 6 rings (SSSR count). The van der Waals surface area contributed by atoms with Crippen molar-refractivity contribution in [2.75, 3.05) is 0 Å². The number of ketones is 2. The maximum absolute atomic E-state index is 14.0. The number of rotatable bonds is 0. The summed E-state index contributed by atoms with van der Waals surface area (Å²) in [6.45, 7) is 0. The van der Waals surface area contributed by atoms with Gasteiger partial charge >= 0.3 is 0 Å². The lowest BCUT2D eigenvalue weighted by molar-refractivity contribution is -0.112. The average Bonchev–Trinajstić information content (AvgIpc) is 2.94. The van der Waals surface area contributed by atoms with E-state index in [1.54, 1.807) is 24.3 Å². The van der Waals surface area contributed by atoms with E-state index in [1.807, 2.05) is 30.3 Å². The lowest BCUT2D eigenvalue weighted by atomic mass is 9.64. The van der Waals surface area contributed by atoms with Crippen molar-refractivity contribution in [3.05, 3.63) is 94.8 Å². The van der Waals surface area contributed by atoms with Gasteiger partial charge in [0.2, 0.25) is 0 Å². The van der Waals surface area contributed by atoms with Crippen LogP contribution in [0.25, 0.3) is 10.8 Å². The van der Waals surface area contributed by atoms with E-state index in [9.17, 15) is 14.7 Å². The fraction of sp³-hybridized carbons (Fsp3) is 0.0833. The number of hydrogen-bond donors (Lipinski definition) is 1. The van der Waals surface area contributed by atoms with E-state index in [0.29, 0.717) is 34.6 Å². The van der Waals surface area contributed by atoms with Crippen molar-refractivity contribution in [1.82, 2.24) is 0 Å². The second-order valence-electron chi connectivity index (χ2n) is 7.31. The Morgan fingerprint density at radius 2 is 1.75 bits per heavy atom. The van der Waals surface area contributed by atoms with Gasteiger partial charge in [0.15, 0.2) is 11.6 Å². The summed E-state index contributed by atoms with van der Waals surface area (Å²) in [6.07, 6.45) is 3.67. The molecule has 1 aliphatic heterocycles. The minimum Gasteiger partial charge on any atom is -0.507 e. The van der Waals surface area contributed by atoms with E-state index in [1.165, 1.54) is 12.1 Å².